The Morgan fingerprint density at radius 1 is 1.09 bits per heavy atom. The van der Waals surface area contributed by atoms with Gasteiger partial charge in [-0.05, 0) is 55.7 Å². The van der Waals surface area contributed by atoms with E-state index in [2.05, 4.69) is 10.6 Å². The number of halogens is 3. The quantitative estimate of drug-likeness (QED) is 0.632. The lowest BCUT2D eigenvalue weighted by molar-refractivity contribution is -0.137. The van der Waals surface area contributed by atoms with Crippen LogP contribution in [-0.2, 0) is 15.8 Å². The summed E-state index contributed by atoms with van der Waals surface area (Å²) in [5.41, 5.74) is 3.22. The summed E-state index contributed by atoms with van der Waals surface area (Å²) in [5, 5.41) is 5.84. The third kappa shape index (κ3) is 4.58. The molecule has 5 nitrogen and oxygen atoms in total. The summed E-state index contributed by atoms with van der Waals surface area (Å²) in [6, 6.07) is 12.1. The smallest absolute Gasteiger partial charge is 0.378 e. The van der Waals surface area contributed by atoms with Gasteiger partial charge in [-0.1, -0.05) is 18.2 Å². The Kier molecular flexibility index (Phi) is 6.25. The third-order valence-electron chi connectivity index (χ3n) is 6.21. The molecule has 1 amide bonds. The molecular formula is C26H26F3N3O2. The highest BCUT2D eigenvalue weighted by Gasteiger charge is 2.38. The molecule has 0 radical (unpaired) electrons. The lowest BCUT2D eigenvalue weighted by Gasteiger charge is -2.34. The van der Waals surface area contributed by atoms with E-state index >= 15 is 0 Å². The van der Waals surface area contributed by atoms with Crippen molar-refractivity contribution in [2.24, 2.45) is 0 Å². The van der Waals surface area contributed by atoms with Gasteiger partial charge in [-0.15, -0.1) is 0 Å². The number of nitrogens with one attached hydrogen (secondary N) is 2. The SMILES string of the molecule is CC1=C(C(=O)Nc2cccc(C(F)(F)F)c2)[C@@H](c2ccc(N(C)C)cc2)C2=C(CCCC2=O)N1. The van der Waals surface area contributed by atoms with Gasteiger partial charge >= 0.3 is 6.18 Å². The van der Waals surface area contributed by atoms with Crippen LogP contribution >= 0.6 is 0 Å². The van der Waals surface area contributed by atoms with Crippen molar-refractivity contribution in [3.8, 4) is 0 Å². The zero-order valence-corrected chi connectivity index (χ0v) is 19.2. The van der Waals surface area contributed by atoms with E-state index < -0.39 is 23.6 Å². The summed E-state index contributed by atoms with van der Waals surface area (Å²) in [5.74, 6) is -1.17. The Balaban J connectivity index is 1.75. The van der Waals surface area contributed by atoms with Crippen molar-refractivity contribution < 1.29 is 22.8 Å². The first-order valence-electron chi connectivity index (χ1n) is 11.1. The minimum Gasteiger partial charge on any atom is -0.378 e. The molecule has 0 saturated carbocycles. The first-order valence-corrected chi connectivity index (χ1v) is 11.1. The lowest BCUT2D eigenvalue weighted by atomic mass is 9.75. The molecule has 2 aliphatic rings. The summed E-state index contributed by atoms with van der Waals surface area (Å²) in [7, 11) is 3.84. The molecule has 0 fully saturated rings. The average molecular weight is 470 g/mol. The number of rotatable bonds is 4. The van der Waals surface area contributed by atoms with Crippen LogP contribution in [0.25, 0.3) is 0 Å². The molecule has 2 aromatic carbocycles. The van der Waals surface area contributed by atoms with Gasteiger partial charge in [-0.25, -0.2) is 0 Å². The topological polar surface area (TPSA) is 61.4 Å². The molecular weight excluding hydrogens is 443 g/mol. The number of allylic oxidation sites excluding steroid dienone is 3. The maximum absolute atomic E-state index is 13.4. The summed E-state index contributed by atoms with van der Waals surface area (Å²) >= 11 is 0. The summed E-state index contributed by atoms with van der Waals surface area (Å²) in [4.78, 5) is 28.4. The van der Waals surface area contributed by atoms with Crippen LogP contribution in [0.1, 0.15) is 43.2 Å². The van der Waals surface area contributed by atoms with Crippen LogP contribution in [0.2, 0.25) is 0 Å². The van der Waals surface area contributed by atoms with Crippen LogP contribution in [0.15, 0.2) is 71.1 Å². The Morgan fingerprint density at radius 3 is 2.44 bits per heavy atom. The van der Waals surface area contributed by atoms with Crippen LogP contribution in [-0.4, -0.2) is 25.8 Å². The van der Waals surface area contributed by atoms with E-state index in [1.807, 2.05) is 43.3 Å². The fourth-order valence-electron chi connectivity index (χ4n) is 4.55. The molecule has 2 aromatic rings. The van der Waals surface area contributed by atoms with Gasteiger partial charge < -0.3 is 15.5 Å². The number of dihydropyridines is 1. The molecule has 0 aromatic heterocycles. The largest absolute Gasteiger partial charge is 0.416 e. The molecule has 1 atom stereocenters. The second kappa shape index (κ2) is 9.00. The fraction of sp³-hybridized carbons (Fsp3) is 0.308. The number of carbonyl (C=O) groups is 2. The van der Waals surface area contributed by atoms with Crippen molar-refractivity contribution in [3.05, 3.63) is 82.2 Å². The van der Waals surface area contributed by atoms with Gasteiger partial charge in [0.15, 0.2) is 5.78 Å². The highest BCUT2D eigenvalue weighted by molar-refractivity contribution is 6.09. The number of anilines is 2. The maximum atomic E-state index is 13.4. The number of alkyl halides is 3. The Morgan fingerprint density at radius 2 is 1.79 bits per heavy atom. The van der Waals surface area contributed by atoms with Crippen LogP contribution in [0.3, 0.4) is 0 Å². The first-order chi connectivity index (χ1) is 16.1. The fourth-order valence-corrected chi connectivity index (χ4v) is 4.55. The van der Waals surface area contributed by atoms with Gasteiger partial charge in [-0.2, -0.15) is 13.2 Å². The second-order valence-electron chi connectivity index (χ2n) is 8.78. The van der Waals surface area contributed by atoms with E-state index in [1.54, 1.807) is 6.92 Å². The lowest BCUT2D eigenvalue weighted by Crippen LogP contribution is -2.35. The number of hydrogen-bond acceptors (Lipinski definition) is 4. The van der Waals surface area contributed by atoms with Gasteiger partial charge in [0.1, 0.15) is 0 Å². The molecule has 4 rings (SSSR count). The highest BCUT2D eigenvalue weighted by Crippen LogP contribution is 2.43. The van der Waals surface area contributed by atoms with Crippen molar-refractivity contribution in [3.63, 3.8) is 0 Å². The Hall–Kier alpha value is -3.55. The minimum absolute atomic E-state index is 0.0210. The summed E-state index contributed by atoms with van der Waals surface area (Å²) in [6.07, 6.45) is -2.69. The highest BCUT2D eigenvalue weighted by atomic mass is 19.4. The number of carbonyl (C=O) groups excluding carboxylic acids is 2. The minimum atomic E-state index is -4.52. The van der Waals surface area contributed by atoms with Crippen LogP contribution in [0.5, 0.6) is 0 Å². The van der Waals surface area contributed by atoms with Crippen LogP contribution in [0.4, 0.5) is 24.5 Å². The molecule has 8 heteroatoms. The van der Waals surface area contributed by atoms with Gasteiger partial charge in [0.25, 0.3) is 5.91 Å². The van der Waals surface area contributed by atoms with E-state index in [-0.39, 0.29) is 11.5 Å². The number of amides is 1. The molecule has 1 heterocycles. The Labute approximate surface area is 196 Å². The van der Waals surface area contributed by atoms with Gasteiger partial charge in [0, 0.05) is 60.3 Å². The van der Waals surface area contributed by atoms with Gasteiger partial charge in [-0.3, -0.25) is 9.59 Å². The van der Waals surface area contributed by atoms with Gasteiger partial charge in [0.2, 0.25) is 0 Å². The average Bonchev–Trinajstić information content (AvgIpc) is 2.78. The van der Waals surface area contributed by atoms with Crippen molar-refractivity contribution in [2.45, 2.75) is 38.3 Å². The molecule has 0 bridgehead atoms. The summed E-state index contributed by atoms with van der Waals surface area (Å²) in [6.45, 7) is 1.76. The second-order valence-corrected chi connectivity index (χ2v) is 8.78. The molecule has 0 unspecified atom stereocenters. The molecule has 0 spiro atoms. The monoisotopic (exact) mass is 469 g/mol. The predicted molar refractivity (Wildman–Crippen MR) is 125 cm³/mol. The van der Waals surface area contributed by atoms with Gasteiger partial charge in [0.05, 0.1) is 5.56 Å². The maximum Gasteiger partial charge on any atom is 0.416 e. The standard InChI is InChI=1S/C26H26F3N3O2/c1-15-22(25(34)31-18-7-4-6-17(14-18)26(27,28)29)23(16-10-12-19(13-11-16)32(2)3)24-20(30-15)8-5-9-21(24)33/h4,6-7,10-14,23,30H,5,8-9H2,1-3H3,(H,31,34)/t23-/m1/s1. The molecule has 0 saturated heterocycles. The number of hydrogen-bond donors (Lipinski definition) is 2. The van der Waals surface area contributed by atoms with Crippen molar-refractivity contribution in [1.82, 2.24) is 5.32 Å². The Bertz CT molecular complexity index is 1190. The third-order valence-corrected chi connectivity index (χ3v) is 6.21. The van der Waals surface area contributed by atoms with Crippen molar-refractivity contribution in [1.29, 1.82) is 0 Å². The zero-order valence-electron chi connectivity index (χ0n) is 19.2. The van der Waals surface area contributed by atoms with E-state index in [9.17, 15) is 22.8 Å². The molecule has 1 aliphatic heterocycles. The van der Waals surface area contributed by atoms with E-state index in [0.717, 1.165) is 35.5 Å². The normalized spacial score (nSPS) is 18.4. The molecule has 178 valence electrons. The zero-order chi connectivity index (χ0) is 24.6. The predicted octanol–water partition coefficient (Wildman–Crippen LogP) is 5.38. The molecule has 2 N–H and O–H groups in total. The first kappa shape index (κ1) is 23.6. The number of ketones is 1. The van der Waals surface area contributed by atoms with Crippen LogP contribution in [0, 0.1) is 0 Å². The van der Waals surface area contributed by atoms with Crippen molar-refractivity contribution in [2.75, 3.05) is 24.3 Å². The number of Topliss-reactive ketones (excluding diaryl/α,β-unsaturated/α-hetero) is 1. The molecule has 34 heavy (non-hydrogen) atoms. The molecule has 1 aliphatic carbocycles. The van der Waals surface area contributed by atoms with E-state index in [0.29, 0.717) is 29.7 Å². The van der Waals surface area contributed by atoms with Crippen LogP contribution < -0.4 is 15.5 Å². The number of nitrogens with zero attached hydrogens (tertiary/aromatic N) is 1. The van der Waals surface area contributed by atoms with Crippen molar-refractivity contribution >= 4 is 23.1 Å². The number of benzene rings is 2. The van der Waals surface area contributed by atoms with E-state index in [1.165, 1.54) is 12.1 Å². The summed E-state index contributed by atoms with van der Waals surface area (Å²) < 4.78 is 39.4. The van der Waals surface area contributed by atoms with E-state index in [4.69, 9.17) is 0 Å².